The second-order valence-corrected chi connectivity index (χ2v) is 7.74. The Morgan fingerprint density at radius 3 is 2.29 bits per heavy atom. The Labute approximate surface area is 187 Å². The van der Waals surface area contributed by atoms with E-state index in [1.165, 1.54) is 24.1 Å². The molecule has 1 saturated heterocycles. The molecule has 1 heterocycles. The number of hydrogen-bond donors (Lipinski definition) is 0. The minimum absolute atomic E-state index is 0.152. The van der Waals surface area contributed by atoms with Gasteiger partial charge in [0.1, 0.15) is 0 Å². The molecule has 0 N–H and O–H groups in total. The van der Waals surface area contributed by atoms with Gasteiger partial charge in [-0.2, -0.15) is 0 Å². The zero-order valence-corrected chi connectivity index (χ0v) is 19.1. The van der Waals surface area contributed by atoms with E-state index in [9.17, 15) is 14.4 Å². The summed E-state index contributed by atoms with van der Waals surface area (Å²) in [5.41, 5.74) is 0.152. The van der Waals surface area contributed by atoms with Crippen LogP contribution in [0.3, 0.4) is 0 Å². The Morgan fingerprint density at radius 2 is 1.71 bits per heavy atom. The number of rotatable bonds is 8. The number of piperazine rings is 1. The van der Waals surface area contributed by atoms with Gasteiger partial charge in [-0.25, -0.2) is 9.59 Å². The van der Waals surface area contributed by atoms with Crippen molar-refractivity contribution >= 4 is 29.6 Å². The molecule has 2 amide bonds. The van der Waals surface area contributed by atoms with Gasteiger partial charge in [0.15, 0.2) is 18.1 Å². The average Bonchev–Trinajstić information content (AvgIpc) is 2.75. The lowest BCUT2D eigenvalue weighted by Gasteiger charge is -2.33. The molecule has 0 radical (unpaired) electrons. The lowest BCUT2D eigenvalue weighted by atomic mass is 10.2. The van der Waals surface area contributed by atoms with Crippen LogP contribution in [-0.4, -0.2) is 80.9 Å². The molecule has 31 heavy (non-hydrogen) atoms. The third-order valence-electron chi connectivity index (χ3n) is 4.51. The van der Waals surface area contributed by atoms with E-state index in [0.29, 0.717) is 50.9 Å². The van der Waals surface area contributed by atoms with Crippen LogP contribution in [0.5, 0.6) is 11.5 Å². The molecule has 1 aromatic rings. The Hall–Kier alpha value is -2.68. The largest absolute Gasteiger partial charge is 0.493 e. The maximum Gasteiger partial charge on any atom is 0.409 e. The van der Waals surface area contributed by atoms with Gasteiger partial charge in [0.05, 0.1) is 30.9 Å². The van der Waals surface area contributed by atoms with Gasteiger partial charge in [-0.15, -0.1) is 0 Å². The number of benzene rings is 1. The molecule has 1 aliphatic heterocycles. The van der Waals surface area contributed by atoms with Crippen LogP contribution >= 0.6 is 11.6 Å². The first-order valence-corrected chi connectivity index (χ1v) is 10.5. The fraction of sp³-hybridized carbons (Fsp3) is 0.571. The van der Waals surface area contributed by atoms with E-state index in [0.717, 1.165) is 0 Å². The van der Waals surface area contributed by atoms with E-state index < -0.39 is 18.7 Å². The van der Waals surface area contributed by atoms with Crippen LogP contribution < -0.4 is 9.47 Å². The van der Waals surface area contributed by atoms with Crippen LogP contribution in [0.4, 0.5) is 4.79 Å². The van der Waals surface area contributed by atoms with Crippen molar-refractivity contribution < 1.29 is 33.3 Å². The maximum atomic E-state index is 12.4. The number of ether oxygens (including phenoxy) is 4. The van der Waals surface area contributed by atoms with Crippen molar-refractivity contribution in [3.05, 3.63) is 22.7 Å². The van der Waals surface area contributed by atoms with Crippen molar-refractivity contribution in [2.45, 2.75) is 20.8 Å². The predicted molar refractivity (Wildman–Crippen MR) is 114 cm³/mol. The second kappa shape index (κ2) is 11.6. The highest BCUT2D eigenvalue weighted by atomic mass is 35.5. The summed E-state index contributed by atoms with van der Waals surface area (Å²) in [5.74, 6) is -0.0945. The molecular formula is C21H29ClN2O7. The standard InChI is InChI=1S/C21H29ClN2O7/c1-5-29-21(27)24-8-6-23(7-9-24)18(25)13-31-20(26)15-10-16(22)19(17(11-15)28-4)30-12-14(2)3/h10-11,14H,5-9,12-13H2,1-4H3. The summed E-state index contributed by atoms with van der Waals surface area (Å²) in [4.78, 5) is 39.6. The smallest absolute Gasteiger partial charge is 0.409 e. The Kier molecular flexibility index (Phi) is 9.23. The van der Waals surface area contributed by atoms with E-state index in [1.54, 1.807) is 11.8 Å². The van der Waals surface area contributed by atoms with Gasteiger partial charge in [0.25, 0.3) is 5.91 Å². The van der Waals surface area contributed by atoms with Crippen molar-refractivity contribution in [2.75, 3.05) is 53.1 Å². The first kappa shape index (κ1) is 24.6. The predicted octanol–water partition coefficient (Wildman–Crippen LogP) is 2.84. The van der Waals surface area contributed by atoms with Gasteiger partial charge in [-0.05, 0) is 25.0 Å². The van der Waals surface area contributed by atoms with E-state index in [4.69, 9.17) is 30.5 Å². The van der Waals surface area contributed by atoms with Gasteiger partial charge in [0.2, 0.25) is 0 Å². The van der Waals surface area contributed by atoms with Gasteiger partial charge in [0, 0.05) is 26.2 Å². The summed E-state index contributed by atoms with van der Waals surface area (Å²) in [6, 6.07) is 2.89. The zero-order chi connectivity index (χ0) is 23.0. The summed E-state index contributed by atoms with van der Waals surface area (Å²) in [5, 5.41) is 0.216. The Bertz CT molecular complexity index is 792. The molecule has 172 valence electrons. The topological polar surface area (TPSA) is 94.6 Å². The van der Waals surface area contributed by atoms with E-state index in [-0.39, 0.29) is 22.4 Å². The lowest BCUT2D eigenvalue weighted by molar-refractivity contribution is -0.136. The number of hydrogen-bond acceptors (Lipinski definition) is 7. The first-order valence-electron chi connectivity index (χ1n) is 10.1. The van der Waals surface area contributed by atoms with Crippen LogP contribution in [0.1, 0.15) is 31.1 Å². The molecule has 0 bridgehead atoms. The maximum absolute atomic E-state index is 12.4. The molecule has 1 aromatic carbocycles. The fourth-order valence-electron chi connectivity index (χ4n) is 2.88. The van der Waals surface area contributed by atoms with Crippen LogP contribution in [0.2, 0.25) is 5.02 Å². The lowest BCUT2D eigenvalue weighted by Crippen LogP contribution is -2.51. The van der Waals surface area contributed by atoms with E-state index >= 15 is 0 Å². The number of carbonyl (C=O) groups is 3. The van der Waals surface area contributed by atoms with Gasteiger partial charge in [-0.1, -0.05) is 25.4 Å². The van der Waals surface area contributed by atoms with Crippen molar-refractivity contribution in [1.82, 2.24) is 9.80 Å². The molecule has 0 aliphatic carbocycles. The highest BCUT2D eigenvalue weighted by molar-refractivity contribution is 6.32. The quantitative estimate of drug-likeness (QED) is 0.555. The summed E-state index contributed by atoms with van der Waals surface area (Å²) in [7, 11) is 1.45. The van der Waals surface area contributed by atoms with Crippen molar-refractivity contribution in [2.24, 2.45) is 5.92 Å². The number of halogens is 1. The Morgan fingerprint density at radius 1 is 1.06 bits per heavy atom. The molecular weight excluding hydrogens is 428 g/mol. The third-order valence-corrected chi connectivity index (χ3v) is 4.79. The summed E-state index contributed by atoms with van der Waals surface area (Å²) in [6.45, 7) is 7.48. The fourth-order valence-corrected chi connectivity index (χ4v) is 3.15. The number of esters is 1. The van der Waals surface area contributed by atoms with Gasteiger partial charge in [-0.3, -0.25) is 4.79 Å². The van der Waals surface area contributed by atoms with Crippen molar-refractivity contribution in [1.29, 1.82) is 0 Å². The number of nitrogens with zero attached hydrogens (tertiary/aromatic N) is 2. The minimum Gasteiger partial charge on any atom is -0.493 e. The molecule has 0 unspecified atom stereocenters. The molecule has 10 heteroatoms. The van der Waals surface area contributed by atoms with Crippen molar-refractivity contribution in [3.8, 4) is 11.5 Å². The second-order valence-electron chi connectivity index (χ2n) is 7.34. The number of carbonyl (C=O) groups excluding carboxylic acids is 3. The van der Waals surface area contributed by atoms with Crippen molar-refractivity contribution in [3.63, 3.8) is 0 Å². The van der Waals surface area contributed by atoms with E-state index in [2.05, 4.69) is 0 Å². The van der Waals surface area contributed by atoms with Crippen LogP contribution in [0, 0.1) is 5.92 Å². The monoisotopic (exact) mass is 456 g/mol. The first-order chi connectivity index (χ1) is 14.8. The molecule has 1 aliphatic rings. The van der Waals surface area contributed by atoms with Gasteiger partial charge < -0.3 is 28.7 Å². The SMILES string of the molecule is CCOC(=O)N1CCN(C(=O)COC(=O)c2cc(Cl)c(OCC(C)C)c(OC)c2)CC1. The molecule has 1 fully saturated rings. The zero-order valence-electron chi connectivity index (χ0n) is 18.3. The number of amides is 2. The van der Waals surface area contributed by atoms with Crippen LogP contribution in [0.15, 0.2) is 12.1 Å². The minimum atomic E-state index is -0.700. The summed E-state index contributed by atoms with van der Waals surface area (Å²) < 4.78 is 21.1. The van der Waals surface area contributed by atoms with E-state index in [1.807, 2.05) is 13.8 Å². The van der Waals surface area contributed by atoms with Crippen LogP contribution in [-0.2, 0) is 14.3 Å². The molecule has 0 atom stereocenters. The van der Waals surface area contributed by atoms with Gasteiger partial charge >= 0.3 is 12.1 Å². The molecule has 0 saturated carbocycles. The Balaban J connectivity index is 1.91. The molecule has 0 spiro atoms. The third kappa shape index (κ3) is 6.92. The molecule has 9 nitrogen and oxygen atoms in total. The van der Waals surface area contributed by atoms with Crippen LogP contribution in [0.25, 0.3) is 0 Å². The molecule has 2 rings (SSSR count). The highest BCUT2D eigenvalue weighted by Crippen LogP contribution is 2.36. The summed E-state index contributed by atoms with van der Waals surface area (Å²) in [6.07, 6.45) is -0.396. The highest BCUT2D eigenvalue weighted by Gasteiger charge is 2.26. The molecule has 0 aromatic heterocycles. The normalized spacial score (nSPS) is 13.7. The average molecular weight is 457 g/mol. The number of methoxy groups -OCH3 is 1. The summed E-state index contributed by atoms with van der Waals surface area (Å²) >= 11 is 6.26.